The molecule has 0 spiro atoms. The molecule has 3 N–H and O–H groups in total. The van der Waals surface area contributed by atoms with E-state index in [-0.39, 0.29) is 18.7 Å². The molecule has 2 aliphatic carbocycles. The molecule has 1 heterocycles. The van der Waals surface area contributed by atoms with Crippen LogP contribution in [0.4, 0.5) is 4.79 Å². The molecule has 0 aromatic heterocycles. The Balaban J connectivity index is 1.36. The van der Waals surface area contributed by atoms with Crippen LogP contribution in [0.25, 0.3) is 0 Å². The van der Waals surface area contributed by atoms with E-state index in [9.17, 15) is 9.90 Å². The Kier molecular flexibility index (Phi) is 6.03. The lowest BCUT2D eigenvalue weighted by atomic mass is 9.88. The topological polar surface area (TPSA) is 64.6 Å². The van der Waals surface area contributed by atoms with E-state index in [1.54, 1.807) is 0 Å². The first-order chi connectivity index (χ1) is 11.6. The van der Waals surface area contributed by atoms with Crippen molar-refractivity contribution in [3.63, 3.8) is 0 Å². The molecule has 1 saturated heterocycles. The molecule has 3 rings (SSSR count). The summed E-state index contributed by atoms with van der Waals surface area (Å²) in [4.78, 5) is 14.9. The molecule has 1 atom stereocenters. The van der Waals surface area contributed by atoms with Crippen LogP contribution in [-0.2, 0) is 0 Å². The second-order valence-electron chi connectivity index (χ2n) is 8.53. The van der Waals surface area contributed by atoms with E-state index >= 15 is 0 Å². The Morgan fingerprint density at radius 1 is 1.08 bits per heavy atom. The lowest BCUT2D eigenvalue weighted by Gasteiger charge is -2.36. The van der Waals surface area contributed by atoms with Gasteiger partial charge in [-0.3, -0.25) is 0 Å². The molecule has 0 bridgehead atoms. The molecule has 5 heteroatoms. The van der Waals surface area contributed by atoms with E-state index in [0.717, 1.165) is 44.7 Å². The fraction of sp³-hybridized carbons (Fsp3) is 0.947. The van der Waals surface area contributed by atoms with E-state index in [2.05, 4.69) is 15.5 Å². The Labute approximate surface area is 146 Å². The van der Waals surface area contributed by atoms with Gasteiger partial charge in [0.2, 0.25) is 0 Å². The highest BCUT2D eigenvalue weighted by molar-refractivity contribution is 5.75. The fourth-order valence-corrected chi connectivity index (χ4v) is 4.47. The van der Waals surface area contributed by atoms with E-state index in [4.69, 9.17) is 0 Å². The highest BCUT2D eigenvalue weighted by Crippen LogP contribution is 2.39. The van der Waals surface area contributed by atoms with Crippen LogP contribution in [0.15, 0.2) is 0 Å². The van der Waals surface area contributed by atoms with E-state index in [1.165, 1.54) is 38.6 Å². The monoisotopic (exact) mass is 337 g/mol. The van der Waals surface area contributed by atoms with E-state index in [1.807, 2.05) is 6.92 Å². The van der Waals surface area contributed by atoms with Crippen LogP contribution in [0.3, 0.4) is 0 Å². The summed E-state index contributed by atoms with van der Waals surface area (Å²) in [5, 5.41) is 15.7. The molecular formula is C19H35N3O2. The number of likely N-dealkylation sites (tertiary alicyclic amines) is 1. The molecule has 2 saturated carbocycles. The zero-order chi connectivity index (χ0) is 17.0. The first kappa shape index (κ1) is 18.0. The molecule has 5 nitrogen and oxygen atoms in total. The molecule has 138 valence electrons. The Bertz CT molecular complexity index is 413. The zero-order valence-electron chi connectivity index (χ0n) is 15.2. The number of aliphatic hydroxyl groups excluding tert-OH is 1. The van der Waals surface area contributed by atoms with Crippen LogP contribution < -0.4 is 10.6 Å². The van der Waals surface area contributed by atoms with Gasteiger partial charge in [-0.2, -0.15) is 0 Å². The van der Waals surface area contributed by atoms with Gasteiger partial charge in [-0.05, 0) is 57.3 Å². The molecular weight excluding hydrogens is 302 g/mol. The quantitative estimate of drug-likeness (QED) is 0.698. The molecule has 0 aromatic rings. The third-order valence-corrected chi connectivity index (χ3v) is 6.37. The standard InChI is InChI=1S/C19H35N3O2/c1-19(14-23,16-7-8-16)21-18(24)20-17-9-11-22(12-10-17)13-15-5-3-2-4-6-15/h15-17,23H,2-14H2,1H3,(H2,20,21,24). The van der Waals surface area contributed by atoms with Crippen LogP contribution in [0.5, 0.6) is 0 Å². The SMILES string of the molecule is CC(CO)(NC(=O)NC1CCN(CC2CCCCC2)CC1)C1CC1. The largest absolute Gasteiger partial charge is 0.394 e. The normalized spacial score (nSPS) is 26.8. The number of rotatable bonds is 6. The number of carbonyl (C=O) groups excluding carboxylic acids is 1. The maximum absolute atomic E-state index is 12.3. The highest BCUT2D eigenvalue weighted by atomic mass is 16.3. The average molecular weight is 338 g/mol. The van der Waals surface area contributed by atoms with Gasteiger partial charge in [0, 0.05) is 25.7 Å². The third kappa shape index (κ3) is 4.85. The van der Waals surface area contributed by atoms with E-state index in [0.29, 0.717) is 5.92 Å². The van der Waals surface area contributed by atoms with Crippen molar-refractivity contribution in [1.29, 1.82) is 0 Å². The van der Waals surface area contributed by atoms with Crippen molar-refractivity contribution < 1.29 is 9.90 Å². The molecule has 1 aliphatic heterocycles. The summed E-state index contributed by atoms with van der Waals surface area (Å²) in [6.07, 6.45) is 11.3. The van der Waals surface area contributed by atoms with Crippen LogP contribution >= 0.6 is 0 Å². The van der Waals surface area contributed by atoms with Crippen LogP contribution in [-0.4, -0.2) is 53.9 Å². The minimum absolute atomic E-state index is 0.0188. The van der Waals surface area contributed by atoms with Gasteiger partial charge in [0.15, 0.2) is 0 Å². The zero-order valence-corrected chi connectivity index (χ0v) is 15.2. The number of hydrogen-bond acceptors (Lipinski definition) is 3. The minimum Gasteiger partial charge on any atom is -0.394 e. The van der Waals surface area contributed by atoms with Crippen molar-refractivity contribution in [2.45, 2.75) is 76.3 Å². The third-order valence-electron chi connectivity index (χ3n) is 6.37. The average Bonchev–Trinajstić information content (AvgIpc) is 3.43. The van der Waals surface area contributed by atoms with Gasteiger partial charge in [0.05, 0.1) is 12.1 Å². The molecule has 0 radical (unpaired) electrons. The number of piperidine rings is 1. The van der Waals surface area contributed by atoms with E-state index < -0.39 is 5.54 Å². The first-order valence-electron chi connectivity index (χ1n) is 10.0. The lowest BCUT2D eigenvalue weighted by Crippen LogP contribution is -2.57. The molecule has 1 unspecified atom stereocenters. The van der Waals surface area contributed by atoms with Crippen molar-refractivity contribution in [3.8, 4) is 0 Å². The van der Waals surface area contributed by atoms with Gasteiger partial charge in [0.1, 0.15) is 0 Å². The Morgan fingerprint density at radius 3 is 2.33 bits per heavy atom. The Hall–Kier alpha value is -0.810. The van der Waals surface area contributed by atoms with Crippen molar-refractivity contribution >= 4 is 6.03 Å². The summed E-state index contributed by atoms with van der Waals surface area (Å²) < 4.78 is 0. The summed E-state index contributed by atoms with van der Waals surface area (Å²) in [7, 11) is 0. The number of aliphatic hydroxyl groups is 1. The molecule has 2 amide bonds. The van der Waals surface area contributed by atoms with Gasteiger partial charge in [-0.25, -0.2) is 4.79 Å². The summed E-state index contributed by atoms with van der Waals surface area (Å²) in [5.74, 6) is 1.33. The molecule has 3 aliphatic rings. The van der Waals surface area contributed by atoms with Gasteiger partial charge >= 0.3 is 6.03 Å². The Morgan fingerprint density at radius 2 is 1.75 bits per heavy atom. The summed E-state index contributed by atoms with van der Waals surface area (Å²) in [6, 6.07) is 0.166. The second kappa shape index (κ2) is 8.05. The number of hydrogen-bond donors (Lipinski definition) is 3. The maximum Gasteiger partial charge on any atom is 0.315 e. The smallest absolute Gasteiger partial charge is 0.315 e. The second-order valence-corrected chi connectivity index (χ2v) is 8.53. The highest BCUT2D eigenvalue weighted by Gasteiger charge is 2.42. The number of amides is 2. The molecule has 3 fully saturated rings. The van der Waals surface area contributed by atoms with Crippen LogP contribution in [0.2, 0.25) is 0 Å². The van der Waals surface area contributed by atoms with Crippen LogP contribution in [0, 0.1) is 11.8 Å². The predicted molar refractivity (Wildman–Crippen MR) is 95.9 cm³/mol. The summed E-state index contributed by atoms with van der Waals surface area (Å²) >= 11 is 0. The number of carbonyl (C=O) groups is 1. The van der Waals surface area contributed by atoms with Crippen molar-refractivity contribution in [2.24, 2.45) is 11.8 Å². The molecule has 0 aromatic carbocycles. The van der Waals surface area contributed by atoms with Crippen molar-refractivity contribution in [2.75, 3.05) is 26.2 Å². The van der Waals surface area contributed by atoms with Crippen LogP contribution in [0.1, 0.15) is 64.7 Å². The first-order valence-corrected chi connectivity index (χ1v) is 10.0. The van der Waals surface area contributed by atoms with Gasteiger partial charge in [-0.1, -0.05) is 19.3 Å². The van der Waals surface area contributed by atoms with Crippen molar-refractivity contribution in [1.82, 2.24) is 15.5 Å². The number of urea groups is 1. The number of nitrogens with zero attached hydrogens (tertiary/aromatic N) is 1. The maximum atomic E-state index is 12.3. The minimum atomic E-state index is -0.453. The predicted octanol–water partition coefficient (Wildman–Crippen LogP) is 2.49. The summed E-state index contributed by atoms with van der Waals surface area (Å²) in [6.45, 7) is 5.42. The summed E-state index contributed by atoms with van der Waals surface area (Å²) in [5.41, 5.74) is -0.453. The van der Waals surface area contributed by atoms with Gasteiger partial charge < -0.3 is 20.6 Å². The van der Waals surface area contributed by atoms with Crippen molar-refractivity contribution in [3.05, 3.63) is 0 Å². The van der Waals surface area contributed by atoms with Gasteiger partial charge in [-0.15, -0.1) is 0 Å². The van der Waals surface area contributed by atoms with Gasteiger partial charge in [0.25, 0.3) is 0 Å². The lowest BCUT2D eigenvalue weighted by molar-refractivity contribution is 0.142. The fourth-order valence-electron chi connectivity index (χ4n) is 4.47. The number of nitrogens with one attached hydrogen (secondary N) is 2. The molecule has 24 heavy (non-hydrogen) atoms.